The molecule has 0 aromatic carbocycles. The van der Waals surface area contributed by atoms with E-state index >= 15 is 0 Å². The van der Waals surface area contributed by atoms with Crippen molar-refractivity contribution in [2.75, 3.05) is 5.32 Å². The fraction of sp³-hybridized carbons (Fsp3) is 0.625. The first-order chi connectivity index (χ1) is 6.63. The minimum Gasteiger partial charge on any atom is -0.368 e. The fourth-order valence-electron chi connectivity index (χ4n) is 0.894. The summed E-state index contributed by atoms with van der Waals surface area (Å²) in [7, 11) is 0. The molecule has 0 saturated heterocycles. The average molecular weight is 214 g/mol. The summed E-state index contributed by atoms with van der Waals surface area (Å²) >= 11 is 1.26. The lowest BCUT2D eigenvalue weighted by Crippen LogP contribution is -2.32. The predicted molar refractivity (Wildman–Crippen MR) is 56.2 cm³/mol. The van der Waals surface area contributed by atoms with Crippen LogP contribution in [0.15, 0.2) is 0 Å². The second-order valence-corrected chi connectivity index (χ2v) is 3.79. The number of carbonyl (C=O) groups is 1. The summed E-state index contributed by atoms with van der Waals surface area (Å²) in [5, 5.41) is 3.54. The maximum Gasteiger partial charge on any atom is 0.239 e. The van der Waals surface area contributed by atoms with E-state index in [9.17, 15) is 4.79 Å². The van der Waals surface area contributed by atoms with Crippen molar-refractivity contribution in [1.29, 1.82) is 0 Å². The molecule has 1 heterocycles. The molecule has 0 radical (unpaired) electrons. The van der Waals surface area contributed by atoms with E-state index < -0.39 is 11.9 Å². The summed E-state index contributed by atoms with van der Waals surface area (Å²) < 4.78 is 4.13. The Morgan fingerprint density at radius 2 is 2.43 bits per heavy atom. The van der Waals surface area contributed by atoms with Crippen LogP contribution in [0, 0.1) is 0 Å². The normalized spacial score (nSPS) is 12.4. The van der Waals surface area contributed by atoms with Crippen molar-refractivity contribution in [3.8, 4) is 0 Å². The second-order valence-electron chi connectivity index (χ2n) is 3.03. The average Bonchev–Trinajstić information content (AvgIpc) is 2.53. The number of aryl methyl sites for hydroxylation is 1. The lowest BCUT2D eigenvalue weighted by molar-refractivity contribution is -0.118. The van der Waals surface area contributed by atoms with E-state index in [1.165, 1.54) is 11.5 Å². The van der Waals surface area contributed by atoms with Crippen LogP contribution in [0.3, 0.4) is 0 Å². The van der Waals surface area contributed by atoms with Crippen molar-refractivity contribution >= 4 is 22.6 Å². The Labute approximate surface area is 86.9 Å². The number of primary amides is 1. The van der Waals surface area contributed by atoms with Crippen molar-refractivity contribution in [3.05, 3.63) is 5.82 Å². The zero-order valence-corrected chi connectivity index (χ0v) is 9.10. The molecule has 0 saturated carbocycles. The summed E-state index contributed by atoms with van der Waals surface area (Å²) in [6.07, 6.45) is 1.88. The fourth-order valence-corrected chi connectivity index (χ4v) is 1.59. The summed E-state index contributed by atoms with van der Waals surface area (Å²) in [5.74, 6) is 0.425. The highest BCUT2D eigenvalue weighted by molar-refractivity contribution is 7.09. The van der Waals surface area contributed by atoms with Gasteiger partial charge >= 0.3 is 0 Å². The number of nitrogens with two attached hydrogens (primary N) is 1. The standard InChI is InChI=1S/C8H14N4OS/c1-3-4-6-11-8(14-12-6)10-5(2)7(9)13/h5H,3-4H2,1-2H3,(H2,9,13)(H,10,11,12). The lowest BCUT2D eigenvalue weighted by atomic mass is 10.3. The van der Waals surface area contributed by atoms with Gasteiger partial charge in [-0.05, 0) is 13.3 Å². The highest BCUT2D eigenvalue weighted by Gasteiger charge is 2.10. The minimum absolute atomic E-state index is 0.391. The van der Waals surface area contributed by atoms with Crippen molar-refractivity contribution in [3.63, 3.8) is 0 Å². The van der Waals surface area contributed by atoms with Gasteiger partial charge in [-0.3, -0.25) is 4.79 Å². The molecule has 0 aliphatic carbocycles. The van der Waals surface area contributed by atoms with E-state index in [4.69, 9.17) is 5.73 Å². The SMILES string of the molecule is CCCc1nsc(NC(C)C(N)=O)n1. The minimum atomic E-state index is -0.405. The number of nitrogens with zero attached hydrogens (tertiary/aromatic N) is 2. The van der Waals surface area contributed by atoms with Gasteiger partial charge in [0.15, 0.2) is 0 Å². The number of nitrogens with one attached hydrogen (secondary N) is 1. The van der Waals surface area contributed by atoms with Gasteiger partial charge in [0.05, 0.1) is 0 Å². The van der Waals surface area contributed by atoms with E-state index in [2.05, 4.69) is 21.6 Å². The van der Waals surface area contributed by atoms with Crippen LogP contribution in [-0.2, 0) is 11.2 Å². The summed E-state index contributed by atoms with van der Waals surface area (Å²) in [6, 6.07) is -0.405. The van der Waals surface area contributed by atoms with Gasteiger partial charge < -0.3 is 11.1 Å². The topological polar surface area (TPSA) is 80.9 Å². The molecule has 3 N–H and O–H groups in total. The molecule has 1 unspecified atom stereocenters. The van der Waals surface area contributed by atoms with Crippen molar-refractivity contribution < 1.29 is 4.79 Å². The zero-order valence-electron chi connectivity index (χ0n) is 8.28. The van der Waals surface area contributed by atoms with Crippen LogP contribution in [0.4, 0.5) is 5.13 Å². The number of carbonyl (C=O) groups excluding carboxylic acids is 1. The number of hydrogen-bond acceptors (Lipinski definition) is 5. The maximum absolute atomic E-state index is 10.8. The molecule has 1 amide bonds. The first kappa shape index (κ1) is 10.9. The number of aromatic nitrogens is 2. The van der Waals surface area contributed by atoms with E-state index in [1.54, 1.807) is 6.92 Å². The van der Waals surface area contributed by atoms with Crippen molar-refractivity contribution in [2.24, 2.45) is 5.73 Å². The molecule has 1 aromatic rings. The van der Waals surface area contributed by atoms with Gasteiger partial charge in [-0.1, -0.05) is 6.92 Å². The number of hydrogen-bond donors (Lipinski definition) is 2. The molecular weight excluding hydrogens is 200 g/mol. The van der Waals surface area contributed by atoms with Crippen LogP contribution < -0.4 is 11.1 Å². The van der Waals surface area contributed by atoms with Gasteiger partial charge in [0.1, 0.15) is 11.9 Å². The third-order valence-corrected chi connectivity index (χ3v) is 2.39. The third-order valence-electron chi connectivity index (χ3n) is 1.71. The summed E-state index contributed by atoms with van der Waals surface area (Å²) in [5.41, 5.74) is 5.10. The van der Waals surface area contributed by atoms with Crippen LogP contribution in [-0.4, -0.2) is 21.3 Å². The van der Waals surface area contributed by atoms with Crippen LogP contribution in [0.1, 0.15) is 26.1 Å². The smallest absolute Gasteiger partial charge is 0.239 e. The second kappa shape index (κ2) is 4.90. The Hall–Kier alpha value is -1.17. The van der Waals surface area contributed by atoms with Crippen LogP contribution in [0.25, 0.3) is 0 Å². The first-order valence-electron chi connectivity index (χ1n) is 4.52. The molecule has 14 heavy (non-hydrogen) atoms. The van der Waals surface area contributed by atoms with E-state index in [1.807, 2.05) is 0 Å². The highest BCUT2D eigenvalue weighted by Crippen LogP contribution is 2.12. The molecule has 0 aliphatic heterocycles. The Morgan fingerprint density at radius 1 is 1.71 bits per heavy atom. The third kappa shape index (κ3) is 2.95. The molecule has 0 bridgehead atoms. The number of amides is 1. The Balaban J connectivity index is 2.55. The summed E-state index contributed by atoms with van der Waals surface area (Å²) in [4.78, 5) is 15.0. The van der Waals surface area contributed by atoms with Gasteiger partial charge in [-0.2, -0.15) is 4.37 Å². The van der Waals surface area contributed by atoms with E-state index in [0.29, 0.717) is 5.13 Å². The zero-order chi connectivity index (χ0) is 10.6. The van der Waals surface area contributed by atoms with Gasteiger partial charge in [0.2, 0.25) is 11.0 Å². The molecule has 78 valence electrons. The quantitative estimate of drug-likeness (QED) is 0.758. The molecule has 5 nitrogen and oxygen atoms in total. The molecule has 0 aliphatic rings. The van der Waals surface area contributed by atoms with Crippen molar-refractivity contribution in [1.82, 2.24) is 9.36 Å². The monoisotopic (exact) mass is 214 g/mol. The van der Waals surface area contributed by atoms with Crippen LogP contribution in [0.2, 0.25) is 0 Å². The van der Waals surface area contributed by atoms with E-state index in [0.717, 1.165) is 18.7 Å². The first-order valence-corrected chi connectivity index (χ1v) is 5.29. The molecule has 6 heteroatoms. The van der Waals surface area contributed by atoms with E-state index in [-0.39, 0.29) is 0 Å². The summed E-state index contributed by atoms with van der Waals surface area (Å²) in [6.45, 7) is 3.77. The number of rotatable bonds is 5. The van der Waals surface area contributed by atoms with Gasteiger partial charge in [-0.25, -0.2) is 4.98 Å². The molecule has 0 spiro atoms. The largest absolute Gasteiger partial charge is 0.368 e. The van der Waals surface area contributed by atoms with Crippen LogP contribution in [0.5, 0.6) is 0 Å². The maximum atomic E-state index is 10.8. The van der Waals surface area contributed by atoms with Crippen LogP contribution >= 0.6 is 11.5 Å². The highest BCUT2D eigenvalue weighted by atomic mass is 32.1. The van der Waals surface area contributed by atoms with Gasteiger partial charge in [0.25, 0.3) is 0 Å². The Bertz CT molecular complexity index is 312. The van der Waals surface area contributed by atoms with Gasteiger partial charge in [0, 0.05) is 18.0 Å². The molecule has 1 rings (SSSR count). The Morgan fingerprint density at radius 3 is 3.00 bits per heavy atom. The predicted octanol–water partition coefficient (Wildman–Crippen LogP) is 0.776. The molecular formula is C8H14N4OS. The molecule has 1 aromatic heterocycles. The van der Waals surface area contributed by atoms with Crippen molar-refractivity contribution in [2.45, 2.75) is 32.7 Å². The van der Waals surface area contributed by atoms with Gasteiger partial charge in [-0.15, -0.1) is 0 Å². The molecule has 1 atom stereocenters. The molecule has 0 fully saturated rings. The lowest BCUT2D eigenvalue weighted by Gasteiger charge is -2.06. The Kier molecular flexibility index (Phi) is 3.82. The number of anilines is 1.